The molecule has 0 aliphatic heterocycles. The quantitative estimate of drug-likeness (QED) is 0.766. The van der Waals surface area contributed by atoms with E-state index in [2.05, 4.69) is 5.32 Å². The lowest BCUT2D eigenvalue weighted by Crippen LogP contribution is -2.36. The largest absolute Gasteiger partial charge is 0.481 e. The standard InChI is InChI=1S/C17H25NO5/c1-10(2)14(22-5)8-18-17(21)13-6-11(3)16(12(4)7-13)23-9-15(19)20/h6-7,10,14H,8-9H2,1-5H3,(H,18,21)(H,19,20). The van der Waals surface area contributed by atoms with E-state index in [0.29, 0.717) is 23.8 Å². The molecule has 0 saturated heterocycles. The SMILES string of the molecule is COC(CNC(=O)c1cc(C)c(OCC(=O)O)c(C)c1)C(C)C. The Morgan fingerprint density at radius 2 is 1.78 bits per heavy atom. The molecular weight excluding hydrogens is 298 g/mol. The maximum atomic E-state index is 12.3. The molecule has 1 unspecified atom stereocenters. The van der Waals surface area contributed by atoms with Gasteiger partial charge in [-0.05, 0) is 43.0 Å². The number of amides is 1. The van der Waals surface area contributed by atoms with Crippen LogP contribution < -0.4 is 10.1 Å². The number of hydrogen-bond acceptors (Lipinski definition) is 4. The van der Waals surface area contributed by atoms with Crippen molar-refractivity contribution in [1.29, 1.82) is 0 Å². The van der Waals surface area contributed by atoms with Gasteiger partial charge in [-0.2, -0.15) is 0 Å². The number of benzene rings is 1. The highest BCUT2D eigenvalue weighted by Gasteiger charge is 2.16. The van der Waals surface area contributed by atoms with Gasteiger partial charge in [-0.3, -0.25) is 4.79 Å². The summed E-state index contributed by atoms with van der Waals surface area (Å²) in [6, 6.07) is 3.38. The Balaban J connectivity index is 2.81. The Bertz CT molecular complexity index is 545. The number of carbonyl (C=O) groups is 2. The lowest BCUT2D eigenvalue weighted by molar-refractivity contribution is -0.139. The van der Waals surface area contributed by atoms with Crippen LogP contribution in [-0.4, -0.2) is 43.3 Å². The lowest BCUT2D eigenvalue weighted by Gasteiger charge is -2.20. The molecule has 0 spiro atoms. The average Bonchev–Trinajstić information content (AvgIpc) is 2.45. The molecule has 0 radical (unpaired) electrons. The maximum absolute atomic E-state index is 12.3. The summed E-state index contributed by atoms with van der Waals surface area (Å²) in [5, 5.41) is 11.5. The van der Waals surface area contributed by atoms with Crippen LogP contribution in [0.5, 0.6) is 5.75 Å². The molecule has 0 saturated carbocycles. The highest BCUT2D eigenvalue weighted by atomic mass is 16.5. The monoisotopic (exact) mass is 323 g/mol. The summed E-state index contributed by atoms with van der Waals surface area (Å²) in [4.78, 5) is 22.9. The van der Waals surface area contributed by atoms with Crippen LogP contribution in [0.2, 0.25) is 0 Å². The summed E-state index contributed by atoms with van der Waals surface area (Å²) in [7, 11) is 1.62. The van der Waals surface area contributed by atoms with Crippen LogP contribution in [0.25, 0.3) is 0 Å². The number of rotatable bonds is 8. The van der Waals surface area contributed by atoms with Gasteiger partial charge in [0, 0.05) is 19.2 Å². The molecule has 1 atom stereocenters. The Morgan fingerprint density at radius 3 is 2.22 bits per heavy atom. The third kappa shape index (κ3) is 5.56. The molecule has 6 nitrogen and oxygen atoms in total. The van der Waals surface area contributed by atoms with Gasteiger partial charge in [-0.15, -0.1) is 0 Å². The second-order valence-corrected chi connectivity index (χ2v) is 5.85. The first-order valence-electron chi connectivity index (χ1n) is 7.53. The molecule has 0 aliphatic carbocycles. The van der Waals surface area contributed by atoms with Crippen LogP contribution in [0, 0.1) is 19.8 Å². The van der Waals surface area contributed by atoms with Gasteiger partial charge in [0.15, 0.2) is 6.61 Å². The Morgan fingerprint density at radius 1 is 1.22 bits per heavy atom. The number of aliphatic carboxylic acids is 1. The molecule has 23 heavy (non-hydrogen) atoms. The molecule has 1 amide bonds. The first-order valence-corrected chi connectivity index (χ1v) is 7.53. The van der Waals surface area contributed by atoms with Crippen molar-refractivity contribution in [2.24, 2.45) is 5.92 Å². The van der Waals surface area contributed by atoms with Gasteiger partial charge in [0.25, 0.3) is 5.91 Å². The summed E-state index contributed by atoms with van der Waals surface area (Å²) in [6.45, 7) is 7.66. The summed E-state index contributed by atoms with van der Waals surface area (Å²) >= 11 is 0. The van der Waals surface area contributed by atoms with Gasteiger partial charge in [0.1, 0.15) is 5.75 Å². The van der Waals surface area contributed by atoms with E-state index >= 15 is 0 Å². The van der Waals surface area contributed by atoms with Crippen molar-refractivity contribution in [2.75, 3.05) is 20.3 Å². The second-order valence-electron chi connectivity index (χ2n) is 5.85. The van der Waals surface area contributed by atoms with Crippen LogP contribution in [0.15, 0.2) is 12.1 Å². The van der Waals surface area contributed by atoms with E-state index in [9.17, 15) is 9.59 Å². The molecule has 0 aromatic heterocycles. The fourth-order valence-electron chi connectivity index (χ4n) is 2.33. The molecule has 2 N–H and O–H groups in total. The number of methoxy groups -OCH3 is 1. The molecule has 1 rings (SSSR count). The molecular formula is C17H25NO5. The fourth-order valence-corrected chi connectivity index (χ4v) is 2.33. The van der Waals surface area contributed by atoms with Gasteiger partial charge in [0.2, 0.25) is 0 Å². The number of aryl methyl sites for hydroxylation is 2. The van der Waals surface area contributed by atoms with Gasteiger partial charge in [-0.1, -0.05) is 13.8 Å². The predicted molar refractivity (Wildman–Crippen MR) is 87.0 cm³/mol. The van der Waals surface area contributed by atoms with E-state index in [-0.39, 0.29) is 12.0 Å². The highest BCUT2D eigenvalue weighted by Crippen LogP contribution is 2.24. The highest BCUT2D eigenvalue weighted by molar-refractivity contribution is 5.95. The van der Waals surface area contributed by atoms with Crippen molar-refractivity contribution in [3.8, 4) is 5.75 Å². The van der Waals surface area contributed by atoms with Crippen molar-refractivity contribution >= 4 is 11.9 Å². The molecule has 128 valence electrons. The number of nitrogens with one attached hydrogen (secondary N) is 1. The van der Waals surface area contributed by atoms with E-state index in [1.54, 1.807) is 33.1 Å². The third-order valence-corrected chi connectivity index (χ3v) is 3.57. The van der Waals surface area contributed by atoms with Crippen molar-refractivity contribution in [2.45, 2.75) is 33.8 Å². The van der Waals surface area contributed by atoms with Crippen LogP contribution in [0.1, 0.15) is 35.3 Å². The Hall–Kier alpha value is -2.08. The predicted octanol–water partition coefficient (Wildman–Crippen LogP) is 2.17. The van der Waals surface area contributed by atoms with E-state index in [1.807, 2.05) is 13.8 Å². The molecule has 0 fully saturated rings. The summed E-state index contributed by atoms with van der Waals surface area (Å²) in [6.07, 6.45) is -0.0423. The maximum Gasteiger partial charge on any atom is 0.341 e. The number of ether oxygens (including phenoxy) is 2. The minimum Gasteiger partial charge on any atom is -0.481 e. The normalized spacial score (nSPS) is 12.1. The van der Waals surface area contributed by atoms with Crippen LogP contribution in [-0.2, 0) is 9.53 Å². The van der Waals surface area contributed by atoms with Gasteiger partial charge < -0.3 is 19.9 Å². The van der Waals surface area contributed by atoms with Gasteiger partial charge >= 0.3 is 5.97 Å². The van der Waals surface area contributed by atoms with Crippen molar-refractivity contribution < 1.29 is 24.2 Å². The number of carboxylic acid groups (broad SMARTS) is 1. The smallest absolute Gasteiger partial charge is 0.341 e. The number of carbonyl (C=O) groups excluding carboxylic acids is 1. The second kappa shape index (κ2) is 8.53. The van der Waals surface area contributed by atoms with Crippen molar-refractivity contribution in [1.82, 2.24) is 5.32 Å². The summed E-state index contributed by atoms with van der Waals surface area (Å²) < 4.78 is 10.6. The van der Waals surface area contributed by atoms with E-state index in [1.165, 1.54) is 0 Å². The molecule has 1 aromatic carbocycles. The third-order valence-electron chi connectivity index (χ3n) is 3.57. The van der Waals surface area contributed by atoms with Crippen LogP contribution >= 0.6 is 0 Å². The molecule has 1 aromatic rings. The van der Waals surface area contributed by atoms with Crippen molar-refractivity contribution in [3.63, 3.8) is 0 Å². The van der Waals surface area contributed by atoms with Crippen molar-refractivity contribution in [3.05, 3.63) is 28.8 Å². The minimum absolute atomic E-state index is 0.0423. The fraction of sp³-hybridized carbons (Fsp3) is 0.529. The molecule has 0 heterocycles. The lowest BCUT2D eigenvalue weighted by atomic mass is 10.0. The summed E-state index contributed by atoms with van der Waals surface area (Å²) in [5.74, 6) is -0.426. The first kappa shape index (κ1) is 19.0. The topological polar surface area (TPSA) is 84.9 Å². The Labute approximate surface area is 136 Å². The molecule has 0 aliphatic rings. The van der Waals surface area contributed by atoms with Gasteiger partial charge in [-0.25, -0.2) is 4.79 Å². The zero-order valence-electron chi connectivity index (χ0n) is 14.3. The van der Waals surface area contributed by atoms with E-state index in [4.69, 9.17) is 14.6 Å². The molecule has 0 bridgehead atoms. The zero-order valence-corrected chi connectivity index (χ0v) is 14.3. The van der Waals surface area contributed by atoms with Crippen LogP contribution in [0.3, 0.4) is 0 Å². The average molecular weight is 323 g/mol. The number of hydrogen-bond donors (Lipinski definition) is 2. The van der Waals surface area contributed by atoms with E-state index < -0.39 is 12.6 Å². The Kier molecular flexibility index (Phi) is 7.03. The van der Waals surface area contributed by atoms with Crippen LogP contribution in [0.4, 0.5) is 0 Å². The zero-order chi connectivity index (χ0) is 17.6. The number of carboxylic acids is 1. The first-order chi connectivity index (χ1) is 10.8. The van der Waals surface area contributed by atoms with Gasteiger partial charge in [0.05, 0.1) is 6.10 Å². The minimum atomic E-state index is -1.04. The summed E-state index contributed by atoms with van der Waals surface area (Å²) in [5.41, 5.74) is 1.97. The molecule has 6 heteroatoms. The van der Waals surface area contributed by atoms with E-state index in [0.717, 1.165) is 11.1 Å².